The summed E-state index contributed by atoms with van der Waals surface area (Å²) in [6.07, 6.45) is 0. The number of hydrogen-bond donors (Lipinski definition) is 2. The Morgan fingerprint density at radius 3 is 2.70 bits per heavy atom. The van der Waals surface area contributed by atoms with Crippen LogP contribution in [0.25, 0.3) is 11.1 Å². The zero-order valence-corrected chi connectivity index (χ0v) is 15.2. The minimum absolute atomic E-state index is 0.299. The highest BCUT2D eigenvalue weighted by Crippen LogP contribution is 2.39. The van der Waals surface area contributed by atoms with E-state index in [4.69, 9.17) is 28.6 Å². The van der Waals surface area contributed by atoms with E-state index in [1.165, 1.54) is 11.3 Å². The summed E-state index contributed by atoms with van der Waals surface area (Å²) in [4.78, 5) is 12.4. The van der Waals surface area contributed by atoms with Crippen LogP contribution in [0, 0.1) is 0 Å². The molecule has 0 aliphatic carbocycles. The van der Waals surface area contributed by atoms with Crippen molar-refractivity contribution >= 4 is 51.2 Å². The van der Waals surface area contributed by atoms with Gasteiger partial charge in [-0.3, -0.25) is 0 Å². The number of halogens is 1. The summed E-state index contributed by atoms with van der Waals surface area (Å²) in [7, 11) is 0. The molecule has 1 aromatic carbocycles. The zero-order valence-electron chi connectivity index (χ0n) is 12.8. The van der Waals surface area contributed by atoms with Gasteiger partial charge in [0, 0.05) is 28.1 Å². The predicted molar refractivity (Wildman–Crippen MR) is 101 cm³/mol. The Morgan fingerprint density at radius 1 is 1.30 bits per heavy atom. The quantitative estimate of drug-likeness (QED) is 0.598. The number of benzene rings is 1. The van der Waals surface area contributed by atoms with Crippen LogP contribution in [0.5, 0.6) is 0 Å². The average Bonchev–Trinajstić information content (AvgIpc) is 2.91. The number of hydrogen-bond acceptors (Lipinski definition) is 4. The second kappa shape index (κ2) is 8.29. The molecule has 0 bridgehead atoms. The molecule has 0 spiro atoms. The Kier molecular flexibility index (Phi) is 6.38. The summed E-state index contributed by atoms with van der Waals surface area (Å²) in [5, 5.41) is 9.62. The fourth-order valence-corrected chi connectivity index (χ4v) is 3.54. The molecule has 2 rings (SSSR count). The first-order chi connectivity index (χ1) is 11.1. The van der Waals surface area contributed by atoms with E-state index in [0.717, 1.165) is 11.1 Å². The number of thiophene rings is 1. The van der Waals surface area contributed by atoms with Crippen molar-refractivity contribution in [2.75, 3.05) is 18.5 Å². The SMILES string of the molecule is CCNC(=S)Nc1scc(-c2ccccc2Cl)c1C(=O)OCC. The van der Waals surface area contributed by atoms with E-state index in [1.54, 1.807) is 13.0 Å². The molecule has 0 saturated heterocycles. The molecule has 2 N–H and O–H groups in total. The molecule has 122 valence electrons. The largest absolute Gasteiger partial charge is 0.462 e. The first kappa shape index (κ1) is 17.7. The molecular weight excluding hydrogens is 352 g/mol. The van der Waals surface area contributed by atoms with Crippen LogP contribution < -0.4 is 10.6 Å². The summed E-state index contributed by atoms with van der Waals surface area (Å²) in [5.41, 5.74) is 1.97. The van der Waals surface area contributed by atoms with Gasteiger partial charge in [-0.1, -0.05) is 29.8 Å². The van der Waals surface area contributed by atoms with Crippen molar-refractivity contribution in [2.45, 2.75) is 13.8 Å². The van der Waals surface area contributed by atoms with Crippen molar-refractivity contribution in [3.05, 3.63) is 40.2 Å². The fourth-order valence-electron chi connectivity index (χ4n) is 2.04. The minimum atomic E-state index is -0.398. The third-order valence-electron chi connectivity index (χ3n) is 3.00. The molecule has 0 atom stereocenters. The Hall–Kier alpha value is -1.63. The Balaban J connectivity index is 2.47. The first-order valence-corrected chi connectivity index (χ1v) is 8.83. The summed E-state index contributed by atoms with van der Waals surface area (Å²) >= 11 is 12.9. The van der Waals surface area contributed by atoms with Gasteiger partial charge in [0.1, 0.15) is 10.6 Å². The summed E-state index contributed by atoms with van der Waals surface area (Å²) in [5.74, 6) is -0.398. The van der Waals surface area contributed by atoms with E-state index in [0.29, 0.717) is 33.9 Å². The molecule has 1 heterocycles. The molecule has 2 aromatic rings. The van der Waals surface area contributed by atoms with Gasteiger partial charge in [0.25, 0.3) is 0 Å². The van der Waals surface area contributed by atoms with E-state index in [9.17, 15) is 4.79 Å². The van der Waals surface area contributed by atoms with Gasteiger partial charge < -0.3 is 15.4 Å². The third kappa shape index (κ3) is 4.22. The number of ether oxygens (including phenoxy) is 1. The van der Waals surface area contributed by atoms with Crippen LogP contribution in [-0.4, -0.2) is 24.2 Å². The van der Waals surface area contributed by atoms with Crippen LogP contribution in [-0.2, 0) is 4.74 Å². The molecule has 0 fully saturated rings. The molecule has 0 unspecified atom stereocenters. The lowest BCUT2D eigenvalue weighted by molar-refractivity contribution is 0.0529. The van der Waals surface area contributed by atoms with Gasteiger partial charge >= 0.3 is 5.97 Å². The van der Waals surface area contributed by atoms with Crippen molar-refractivity contribution < 1.29 is 9.53 Å². The molecule has 0 aliphatic heterocycles. The van der Waals surface area contributed by atoms with Gasteiger partial charge in [0.2, 0.25) is 0 Å². The lowest BCUT2D eigenvalue weighted by atomic mass is 10.0. The highest BCUT2D eigenvalue weighted by Gasteiger charge is 2.23. The number of esters is 1. The second-order valence-corrected chi connectivity index (χ2v) is 6.23. The zero-order chi connectivity index (χ0) is 16.8. The average molecular weight is 369 g/mol. The Bertz CT molecular complexity index is 716. The first-order valence-electron chi connectivity index (χ1n) is 7.16. The molecule has 0 saturated carbocycles. The number of thiocarbonyl (C=S) groups is 1. The van der Waals surface area contributed by atoms with Gasteiger partial charge in [0.15, 0.2) is 5.11 Å². The number of carbonyl (C=O) groups excluding carboxylic acids is 1. The maximum atomic E-state index is 12.4. The van der Waals surface area contributed by atoms with E-state index in [-0.39, 0.29) is 0 Å². The van der Waals surface area contributed by atoms with Crippen molar-refractivity contribution in [3.63, 3.8) is 0 Å². The second-order valence-electron chi connectivity index (χ2n) is 4.54. The van der Waals surface area contributed by atoms with Crippen LogP contribution in [0.4, 0.5) is 5.00 Å². The monoisotopic (exact) mass is 368 g/mol. The lowest BCUT2D eigenvalue weighted by Crippen LogP contribution is -2.28. The van der Waals surface area contributed by atoms with Gasteiger partial charge in [-0.15, -0.1) is 11.3 Å². The number of nitrogens with one attached hydrogen (secondary N) is 2. The van der Waals surface area contributed by atoms with E-state index in [1.807, 2.05) is 30.5 Å². The smallest absolute Gasteiger partial charge is 0.341 e. The van der Waals surface area contributed by atoms with E-state index < -0.39 is 5.97 Å². The number of rotatable bonds is 5. The molecule has 0 amide bonds. The van der Waals surface area contributed by atoms with Crippen molar-refractivity contribution in [2.24, 2.45) is 0 Å². The van der Waals surface area contributed by atoms with E-state index >= 15 is 0 Å². The van der Waals surface area contributed by atoms with Crippen LogP contribution in [0.2, 0.25) is 5.02 Å². The van der Waals surface area contributed by atoms with Crippen molar-refractivity contribution in [1.82, 2.24) is 5.32 Å². The van der Waals surface area contributed by atoms with Crippen LogP contribution in [0.1, 0.15) is 24.2 Å². The Labute approximate surface area is 149 Å². The van der Waals surface area contributed by atoms with Crippen molar-refractivity contribution in [3.8, 4) is 11.1 Å². The summed E-state index contributed by atoms with van der Waals surface area (Å²) < 4.78 is 5.19. The maximum absolute atomic E-state index is 12.4. The predicted octanol–water partition coefficient (Wildman–Crippen LogP) is 4.55. The highest BCUT2D eigenvalue weighted by molar-refractivity contribution is 7.80. The van der Waals surface area contributed by atoms with E-state index in [2.05, 4.69) is 10.6 Å². The molecule has 23 heavy (non-hydrogen) atoms. The minimum Gasteiger partial charge on any atom is -0.462 e. The molecule has 0 aliphatic rings. The Morgan fingerprint density at radius 2 is 2.04 bits per heavy atom. The van der Waals surface area contributed by atoms with Crippen LogP contribution in [0.3, 0.4) is 0 Å². The standard InChI is InChI=1S/C16H17ClN2O2S2/c1-3-18-16(22)19-14-13(15(20)21-4-2)11(9-23-14)10-7-5-6-8-12(10)17/h5-9H,3-4H2,1-2H3,(H2,18,19,22). The molecule has 7 heteroatoms. The summed E-state index contributed by atoms with van der Waals surface area (Å²) in [6, 6.07) is 7.39. The van der Waals surface area contributed by atoms with Gasteiger partial charge in [0.05, 0.1) is 6.61 Å². The topological polar surface area (TPSA) is 50.4 Å². The lowest BCUT2D eigenvalue weighted by Gasteiger charge is -2.11. The molecule has 0 radical (unpaired) electrons. The molecule has 4 nitrogen and oxygen atoms in total. The third-order valence-corrected chi connectivity index (χ3v) is 4.47. The van der Waals surface area contributed by atoms with Crippen LogP contribution >= 0.6 is 35.2 Å². The molecular formula is C16H17ClN2O2S2. The maximum Gasteiger partial charge on any atom is 0.341 e. The van der Waals surface area contributed by atoms with Crippen LogP contribution in [0.15, 0.2) is 29.6 Å². The highest BCUT2D eigenvalue weighted by atomic mass is 35.5. The van der Waals surface area contributed by atoms with Gasteiger partial charge in [-0.2, -0.15) is 0 Å². The number of anilines is 1. The molecule has 1 aromatic heterocycles. The summed E-state index contributed by atoms with van der Waals surface area (Å²) in [6.45, 7) is 4.72. The fraction of sp³-hybridized carbons (Fsp3) is 0.250. The van der Waals surface area contributed by atoms with Gasteiger partial charge in [-0.25, -0.2) is 4.79 Å². The van der Waals surface area contributed by atoms with Crippen molar-refractivity contribution in [1.29, 1.82) is 0 Å². The number of carbonyl (C=O) groups is 1. The normalized spacial score (nSPS) is 10.2. The van der Waals surface area contributed by atoms with Gasteiger partial charge in [-0.05, 0) is 32.1 Å².